The monoisotopic (exact) mass is 924 g/mol. The minimum absolute atomic E-state index is 0.0145. The summed E-state index contributed by atoms with van der Waals surface area (Å²) in [5.41, 5.74) is 7.50. The number of allylic oxidation sites excluding steroid dienone is 5. The van der Waals surface area contributed by atoms with Crippen LogP contribution in [-0.2, 0) is 35.1 Å². The number of nitrogens with one attached hydrogen (secondary N) is 2. The topological polar surface area (TPSA) is 140 Å². The first-order chi connectivity index (χ1) is 32.3. The van der Waals surface area contributed by atoms with Crippen LogP contribution in [0.4, 0.5) is 26.7 Å². The molecule has 13 nitrogen and oxygen atoms in total. The van der Waals surface area contributed by atoms with Crippen molar-refractivity contribution in [2.45, 2.75) is 24.3 Å². The highest BCUT2D eigenvalue weighted by Crippen LogP contribution is 2.47. The van der Waals surface area contributed by atoms with Crippen LogP contribution in [0, 0.1) is 0 Å². The lowest BCUT2D eigenvalue weighted by Crippen LogP contribution is -2.39. The van der Waals surface area contributed by atoms with Crippen molar-refractivity contribution in [3.8, 4) is 0 Å². The fourth-order valence-electron chi connectivity index (χ4n) is 7.33. The van der Waals surface area contributed by atoms with Gasteiger partial charge in [0.1, 0.15) is 24.5 Å². The zero-order valence-electron chi connectivity index (χ0n) is 36.3. The van der Waals surface area contributed by atoms with Crippen molar-refractivity contribution >= 4 is 80.6 Å². The van der Waals surface area contributed by atoms with Crippen molar-refractivity contribution in [3.05, 3.63) is 180 Å². The number of rotatable bonds is 20. The predicted molar refractivity (Wildman–Crippen MR) is 259 cm³/mol. The summed E-state index contributed by atoms with van der Waals surface area (Å²) in [7, 11) is 0. The molecular weight excluding hydrogens is 875 g/mol. The molecule has 7 rings (SSSR count). The van der Waals surface area contributed by atoms with E-state index in [9.17, 15) is 19.2 Å². The van der Waals surface area contributed by atoms with Gasteiger partial charge in [-0.1, -0.05) is 103 Å². The average Bonchev–Trinajstić information content (AvgIpc) is 4.03. The van der Waals surface area contributed by atoms with Gasteiger partial charge < -0.3 is 39.4 Å². The number of carbonyl (C=O) groups is 4. The number of thioether (sulfide) groups is 1. The second-order valence-electron chi connectivity index (χ2n) is 14.6. The van der Waals surface area contributed by atoms with Crippen LogP contribution in [-0.4, -0.2) is 70.2 Å². The van der Waals surface area contributed by atoms with Crippen molar-refractivity contribution in [2.24, 2.45) is 0 Å². The summed E-state index contributed by atoms with van der Waals surface area (Å²) in [5, 5.41) is 7.22. The maximum absolute atomic E-state index is 12.5. The molecule has 1 aliphatic carbocycles. The number of para-hydroxylation sites is 4. The van der Waals surface area contributed by atoms with E-state index in [1.807, 2.05) is 60.7 Å². The number of benzene rings is 4. The molecule has 0 bridgehead atoms. The van der Waals surface area contributed by atoms with Crippen molar-refractivity contribution < 1.29 is 42.7 Å². The third-order valence-corrected chi connectivity index (χ3v) is 12.6. The maximum Gasteiger partial charge on any atom is 0.407 e. The molecule has 0 saturated heterocycles. The third kappa shape index (κ3) is 12.3. The molecule has 2 amide bonds. The molecule has 2 heterocycles. The summed E-state index contributed by atoms with van der Waals surface area (Å²) >= 11 is 3.33. The summed E-state index contributed by atoms with van der Waals surface area (Å²) in [4.78, 5) is 53.2. The number of amides is 2. The lowest BCUT2D eigenvalue weighted by Gasteiger charge is -2.28. The van der Waals surface area contributed by atoms with Crippen molar-refractivity contribution in [1.29, 1.82) is 0 Å². The molecule has 0 fully saturated rings. The van der Waals surface area contributed by atoms with Gasteiger partial charge >= 0.3 is 24.1 Å². The minimum atomic E-state index is -0.597. The number of hydrogen-bond acceptors (Lipinski definition) is 12. The van der Waals surface area contributed by atoms with Crippen LogP contribution < -0.4 is 25.0 Å². The molecule has 66 heavy (non-hydrogen) atoms. The van der Waals surface area contributed by atoms with Gasteiger partial charge in [-0.05, 0) is 78.6 Å². The molecule has 0 radical (unpaired) electrons. The van der Waals surface area contributed by atoms with Crippen LogP contribution >= 0.6 is 23.1 Å². The molecule has 1 aromatic heterocycles. The summed E-state index contributed by atoms with van der Waals surface area (Å²) in [5.74, 6) is -1.11. The number of fused-ring (bicyclic) bond motifs is 2. The average molecular weight is 925 g/mol. The Bertz CT molecular complexity index is 2640. The number of nitrogens with zero attached hydrogens (tertiary/aromatic N) is 3. The highest BCUT2D eigenvalue weighted by molar-refractivity contribution is 8.03. The number of thiazole rings is 1. The molecule has 4 aromatic carbocycles. The normalized spacial score (nSPS) is 14.3. The summed E-state index contributed by atoms with van der Waals surface area (Å²) in [6.45, 7) is 8.11. The number of esters is 2. The zero-order valence-corrected chi connectivity index (χ0v) is 37.9. The van der Waals surface area contributed by atoms with Gasteiger partial charge in [0.15, 0.2) is 13.2 Å². The molecule has 0 unspecified atom stereocenters. The van der Waals surface area contributed by atoms with Gasteiger partial charge in [-0.15, -0.1) is 0 Å². The number of hydrogen-bond donors (Lipinski definition) is 2. The number of aromatic nitrogens is 1. The molecule has 0 atom stereocenters. The second-order valence-corrected chi connectivity index (χ2v) is 16.7. The third-order valence-electron chi connectivity index (χ3n) is 10.3. The number of alkyl carbamates (subject to hydrolysis) is 2. The van der Waals surface area contributed by atoms with E-state index in [0.717, 1.165) is 84.0 Å². The van der Waals surface area contributed by atoms with Crippen molar-refractivity contribution in [2.75, 3.05) is 55.9 Å². The van der Waals surface area contributed by atoms with E-state index in [-0.39, 0.29) is 39.5 Å². The van der Waals surface area contributed by atoms with Gasteiger partial charge in [0.25, 0.3) is 5.01 Å². The SMILES string of the molecule is C=CC(=O)OCCNC(=O)OCCN1C(=CC=C2CCC(C=Cc3sc4ccccc4[n+]3CCOC(=O)NCCOC(=O)C=C)=C2N(c2ccccc2)c2ccccc2)Sc2ccccc21. The predicted octanol–water partition coefficient (Wildman–Crippen LogP) is 9.38. The second kappa shape index (κ2) is 23.5. The van der Waals surface area contributed by atoms with Gasteiger partial charge in [-0.3, -0.25) is 0 Å². The molecule has 2 aliphatic rings. The van der Waals surface area contributed by atoms with Crippen LogP contribution in [0.2, 0.25) is 0 Å². The van der Waals surface area contributed by atoms with Gasteiger partial charge in [0.05, 0.1) is 36.0 Å². The van der Waals surface area contributed by atoms with Crippen LogP contribution in [0.15, 0.2) is 180 Å². The van der Waals surface area contributed by atoms with E-state index in [2.05, 4.69) is 111 Å². The van der Waals surface area contributed by atoms with Crippen molar-refractivity contribution in [3.63, 3.8) is 0 Å². The molecule has 2 N–H and O–H groups in total. The zero-order chi connectivity index (χ0) is 46.1. The Balaban J connectivity index is 1.17. The maximum atomic E-state index is 12.5. The van der Waals surface area contributed by atoms with Gasteiger partial charge in [-0.25, -0.2) is 19.2 Å². The summed E-state index contributed by atoms with van der Waals surface area (Å²) in [6, 6.07) is 37.0. The number of ether oxygens (including phenoxy) is 4. The summed E-state index contributed by atoms with van der Waals surface area (Å²) < 4.78 is 24.2. The largest absolute Gasteiger partial charge is 0.461 e. The van der Waals surface area contributed by atoms with Gasteiger partial charge in [-0.2, -0.15) is 4.57 Å². The smallest absolute Gasteiger partial charge is 0.407 e. The highest BCUT2D eigenvalue weighted by Gasteiger charge is 2.29. The Labute approximate surface area is 392 Å². The van der Waals surface area contributed by atoms with Gasteiger partial charge in [0, 0.05) is 40.6 Å². The van der Waals surface area contributed by atoms with Gasteiger partial charge in [0.2, 0.25) is 5.52 Å². The molecule has 0 spiro atoms. The Kier molecular flexibility index (Phi) is 16.6. The molecule has 338 valence electrons. The highest BCUT2D eigenvalue weighted by atomic mass is 32.2. The fourth-order valence-corrected chi connectivity index (χ4v) is 9.51. The van der Waals surface area contributed by atoms with E-state index in [4.69, 9.17) is 18.9 Å². The molecule has 15 heteroatoms. The lowest BCUT2D eigenvalue weighted by atomic mass is 10.1. The van der Waals surface area contributed by atoms with E-state index in [1.165, 1.54) is 0 Å². The Morgan fingerprint density at radius 2 is 1.29 bits per heavy atom. The number of carbonyl (C=O) groups excluding carboxylic acids is 4. The van der Waals surface area contributed by atoms with Crippen LogP contribution in [0.25, 0.3) is 16.3 Å². The van der Waals surface area contributed by atoms with E-state index in [0.29, 0.717) is 13.1 Å². The molecule has 5 aromatic rings. The minimum Gasteiger partial charge on any atom is -0.461 e. The molecular formula is C51H50N5O8S2+. The molecule has 0 saturated carbocycles. The Morgan fingerprint density at radius 1 is 0.682 bits per heavy atom. The quantitative estimate of drug-likeness (QED) is 0.0254. The standard InChI is InChI=1S/C51H49N5O8S2/c1-3-47(57)61-33-29-52-50(59)63-35-31-54-41-19-11-13-21-43(41)65-45(54)27-25-37-23-24-38(49(37)56(39-15-7-5-8-16-39)40-17-9-6-10-18-40)26-28-46-55(42-20-12-14-22-44(42)66-46)32-36-64-51(60)53-30-34-62-48(58)4-2/h3-22,25-28H,1-2,23-24,29-36H2,(H-,52,53,59,60)/p+1. The first-order valence-electron chi connectivity index (χ1n) is 21.4. The Hall–Kier alpha value is -7.36. The van der Waals surface area contributed by atoms with Crippen molar-refractivity contribution in [1.82, 2.24) is 10.6 Å². The van der Waals surface area contributed by atoms with E-state index in [1.54, 1.807) is 23.1 Å². The van der Waals surface area contributed by atoms with Crippen LogP contribution in [0.3, 0.4) is 0 Å². The van der Waals surface area contributed by atoms with E-state index < -0.39 is 24.1 Å². The lowest BCUT2D eigenvalue weighted by molar-refractivity contribution is -0.669. The van der Waals surface area contributed by atoms with Crippen LogP contribution in [0.5, 0.6) is 0 Å². The number of anilines is 3. The van der Waals surface area contributed by atoms with E-state index >= 15 is 0 Å². The molecule has 1 aliphatic heterocycles. The first kappa shape index (κ1) is 46.6. The first-order valence-corrected chi connectivity index (χ1v) is 23.0. The fraction of sp³-hybridized carbons (Fsp3) is 0.196. The van der Waals surface area contributed by atoms with Crippen LogP contribution in [0.1, 0.15) is 17.8 Å². The Morgan fingerprint density at radius 3 is 1.95 bits per heavy atom. The summed E-state index contributed by atoms with van der Waals surface area (Å²) in [6.07, 6.45) is 11.2.